The van der Waals surface area contributed by atoms with Gasteiger partial charge in [-0.1, -0.05) is 6.07 Å². The molecular formula is C19H31NO3S. The lowest BCUT2D eigenvalue weighted by Crippen LogP contribution is -2.46. The zero-order valence-corrected chi connectivity index (χ0v) is 16.2. The largest absolute Gasteiger partial charge is 0.444 e. The van der Waals surface area contributed by atoms with Crippen LogP contribution in [0, 0.1) is 0 Å². The molecule has 2 heterocycles. The van der Waals surface area contributed by atoms with Crippen LogP contribution in [0.1, 0.15) is 70.8 Å². The Morgan fingerprint density at radius 2 is 2.21 bits per heavy atom. The number of ether oxygens (including phenoxy) is 2. The van der Waals surface area contributed by atoms with Crippen LogP contribution in [0.4, 0.5) is 4.79 Å². The van der Waals surface area contributed by atoms with E-state index >= 15 is 0 Å². The van der Waals surface area contributed by atoms with E-state index in [4.69, 9.17) is 9.47 Å². The first kappa shape index (κ1) is 19.3. The van der Waals surface area contributed by atoms with E-state index in [1.54, 1.807) is 11.3 Å². The molecule has 5 heteroatoms. The zero-order chi connectivity index (χ0) is 17.6. The van der Waals surface area contributed by atoms with Gasteiger partial charge in [-0.2, -0.15) is 0 Å². The van der Waals surface area contributed by atoms with Crippen LogP contribution in [-0.4, -0.2) is 35.8 Å². The summed E-state index contributed by atoms with van der Waals surface area (Å²) in [6, 6.07) is 4.45. The van der Waals surface area contributed by atoms with Gasteiger partial charge in [0.1, 0.15) is 5.60 Å². The molecule has 2 rings (SSSR count). The first-order valence-electron chi connectivity index (χ1n) is 9.01. The minimum Gasteiger partial charge on any atom is -0.444 e. The number of carbonyl (C=O) groups is 1. The fraction of sp³-hybridized carbons (Fsp3) is 0.737. The van der Waals surface area contributed by atoms with Gasteiger partial charge in [-0.15, -0.1) is 11.3 Å². The maximum absolute atomic E-state index is 12.4. The Bertz CT molecular complexity index is 495. The predicted molar refractivity (Wildman–Crippen MR) is 98.5 cm³/mol. The summed E-state index contributed by atoms with van der Waals surface area (Å²) >= 11 is 1.73. The molecular weight excluding hydrogens is 322 g/mol. The number of rotatable bonds is 6. The quantitative estimate of drug-likeness (QED) is 0.643. The SMILES string of the molecule is C[C@@H](OCCC[C@H]1CCCCN1C(=O)OC(C)(C)C)c1cccs1. The first-order chi connectivity index (χ1) is 11.4. The third-order valence-corrected chi connectivity index (χ3v) is 5.28. The Morgan fingerprint density at radius 3 is 2.88 bits per heavy atom. The third-order valence-electron chi connectivity index (χ3n) is 4.25. The zero-order valence-electron chi connectivity index (χ0n) is 15.4. The highest BCUT2D eigenvalue weighted by molar-refractivity contribution is 7.10. The average molecular weight is 354 g/mol. The van der Waals surface area contributed by atoms with Crippen LogP contribution in [0.3, 0.4) is 0 Å². The Kier molecular flexibility index (Phi) is 7.11. The Labute approximate surface area is 150 Å². The van der Waals surface area contributed by atoms with E-state index in [9.17, 15) is 4.79 Å². The smallest absolute Gasteiger partial charge is 0.410 e. The molecule has 1 saturated heterocycles. The van der Waals surface area contributed by atoms with E-state index in [2.05, 4.69) is 24.4 Å². The van der Waals surface area contributed by atoms with Crippen LogP contribution in [0.15, 0.2) is 17.5 Å². The minimum absolute atomic E-state index is 0.151. The highest BCUT2D eigenvalue weighted by atomic mass is 32.1. The molecule has 0 spiro atoms. The highest BCUT2D eigenvalue weighted by Gasteiger charge is 2.30. The second-order valence-corrected chi connectivity index (χ2v) is 8.47. The van der Waals surface area contributed by atoms with Crippen molar-refractivity contribution in [2.75, 3.05) is 13.2 Å². The van der Waals surface area contributed by atoms with Crippen LogP contribution in [0.5, 0.6) is 0 Å². The van der Waals surface area contributed by atoms with Gasteiger partial charge in [-0.05, 0) is 71.2 Å². The summed E-state index contributed by atoms with van der Waals surface area (Å²) in [5.41, 5.74) is -0.432. The van der Waals surface area contributed by atoms with Crippen molar-refractivity contribution in [3.63, 3.8) is 0 Å². The number of hydrogen-bond acceptors (Lipinski definition) is 4. The number of piperidine rings is 1. The van der Waals surface area contributed by atoms with Gasteiger partial charge in [0.15, 0.2) is 0 Å². The maximum Gasteiger partial charge on any atom is 0.410 e. The van der Waals surface area contributed by atoms with E-state index < -0.39 is 5.60 Å². The second kappa shape index (κ2) is 8.86. The van der Waals surface area contributed by atoms with Crippen molar-refractivity contribution in [2.24, 2.45) is 0 Å². The number of amides is 1. The molecule has 1 amide bonds. The minimum atomic E-state index is -0.432. The summed E-state index contributed by atoms with van der Waals surface area (Å²) in [6.45, 7) is 9.40. The first-order valence-corrected chi connectivity index (χ1v) is 9.89. The maximum atomic E-state index is 12.4. The second-order valence-electron chi connectivity index (χ2n) is 7.49. The van der Waals surface area contributed by atoms with Crippen molar-refractivity contribution in [3.8, 4) is 0 Å². The Hall–Kier alpha value is -1.07. The predicted octanol–water partition coefficient (Wildman–Crippen LogP) is 5.40. The normalized spacial score (nSPS) is 20.0. The average Bonchev–Trinajstić information content (AvgIpc) is 3.04. The molecule has 0 bridgehead atoms. The molecule has 136 valence electrons. The molecule has 0 N–H and O–H groups in total. The standard InChI is InChI=1S/C19H31NO3S/c1-15(17-11-8-14-24-17)22-13-7-10-16-9-5-6-12-20(16)18(21)23-19(2,3)4/h8,11,14-16H,5-7,9-10,12-13H2,1-4H3/t15-,16-/m1/s1. The van der Waals surface area contributed by atoms with Gasteiger partial charge in [0.05, 0.1) is 6.10 Å². The summed E-state index contributed by atoms with van der Waals surface area (Å²) < 4.78 is 11.5. The van der Waals surface area contributed by atoms with Gasteiger partial charge in [0.2, 0.25) is 0 Å². The van der Waals surface area contributed by atoms with Crippen LogP contribution < -0.4 is 0 Å². The molecule has 0 radical (unpaired) electrons. The molecule has 1 aliphatic heterocycles. The van der Waals surface area contributed by atoms with Gasteiger partial charge < -0.3 is 14.4 Å². The number of nitrogens with zero attached hydrogens (tertiary/aromatic N) is 1. The van der Waals surface area contributed by atoms with E-state index in [-0.39, 0.29) is 18.2 Å². The summed E-state index contributed by atoms with van der Waals surface area (Å²) in [4.78, 5) is 15.6. The lowest BCUT2D eigenvalue weighted by atomic mass is 9.98. The molecule has 0 saturated carbocycles. The van der Waals surface area contributed by atoms with Gasteiger partial charge in [0, 0.05) is 24.1 Å². The van der Waals surface area contributed by atoms with Gasteiger partial charge in [-0.25, -0.2) is 4.79 Å². The molecule has 2 atom stereocenters. The number of likely N-dealkylation sites (tertiary alicyclic amines) is 1. The van der Waals surface area contributed by atoms with E-state index in [1.165, 1.54) is 11.3 Å². The molecule has 0 unspecified atom stereocenters. The Morgan fingerprint density at radius 1 is 1.42 bits per heavy atom. The van der Waals surface area contributed by atoms with Crippen molar-refractivity contribution >= 4 is 17.4 Å². The lowest BCUT2D eigenvalue weighted by Gasteiger charge is -2.37. The summed E-state index contributed by atoms with van der Waals surface area (Å²) in [7, 11) is 0. The van der Waals surface area contributed by atoms with Crippen LogP contribution in [0.25, 0.3) is 0 Å². The van der Waals surface area contributed by atoms with E-state index in [1.807, 2.05) is 25.7 Å². The molecule has 4 nitrogen and oxygen atoms in total. The summed E-state index contributed by atoms with van der Waals surface area (Å²) in [6.07, 6.45) is 5.27. The molecule has 1 aliphatic rings. The molecule has 1 fully saturated rings. The third kappa shape index (κ3) is 6.10. The van der Waals surface area contributed by atoms with E-state index in [0.717, 1.165) is 38.8 Å². The van der Waals surface area contributed by atoms with Crippen LogP contribution in [-0.2, 0) is 9.47 Å². The molecule has 1 aromatic rings. The fourth-order valence-corrected chi connectivity index (χ4v) is 3.78. The molecule has 24 heavy (non-hydrogen) atoms. The highest BCUT2D eigenvalue weighted by Crippen LogP contribution is 2.25. The van der Waals surface area contributed by atoms with Crippen molar-refractivity contribution in [1.29, 1.82) is 0 Å². The van der Waals surface area contributed by atoms with Gasteiger partial charge >= 0.3 is 6.09 Å². The summed E-state index contributed by atoms with van der Waals surface area (Å²) in [5, 5.41) is 2.08. The molecule has 1 aromatic heterocycles. The molecule has 0 aliphatic carbocycles. The van der Waals surface area contributed by atoms with Crippen LogP contribution >= 0.6 is 11.3 Å². The van der Waals surface area contributed by atoms with Crippen LogP contribution in [0.2, 0.25) is 0 Å². The molecule has 0 aromatic carbocycles. The number of hydrogen-bond donors (Lipinski definition) is 0. The monoisotopic (exact) mass is 353 g/mol. The lowest BCUT2D eigenvalue weighted by molar-refractivity contribution is 0.00602. The van der Waals surface area contributed by atoms with Gasteiger partial charge in [0.25, 0.3) is 0 Å². The van der Waals surface area contributed by atoms with Crippen molar-refractivity contribution in [2.45, 2.75) is 77.5 Å². The topological polar surface area (TPSA) is 38.8 Å². The van der Waals surface area contributed by atoms with Crippen molar-refractivity contribution in [1.82, 2.24) is 4.90 Å². The number of thiophene rings is 1. The Balaban J connectivity index is 1.75. The van der Waals surface area contributed by atoms with Crippen molar-refractivity contribution in [3.05, 3.63) is 22.4 Å². The summed E-state index contributed by atoms with van der Waals surface area (Å²) in [5.74, 6) is 0. The van der Waals surface area contributed by atoms with E-state index in [0.29, 0.717) is 0 Å². The van der Waals surface area contributed by atoms with Crippen molar-refractivity contribution < 1.29 is 14.3 Å². The fourth-order valence-electron chi connectivity index (χ4n) is 3.05. The number of carbonyl (C=O) groups excluding carboxylic acids is 1. The van der Waals surface area contributed by atoms with Gasteiger partial charge in [-0.3, -0.25) is 0 Å².